The van der Waals surface area contributed by atoms with E-state index in [1.807, 2.05) is 42.6 Å². The van der Waals surface area contributed by atoms with Gasteiger partial charge in [-0.3, -0.25) is 4.98 Å². The van der Waals surface area contributed by atoms with Gasteiger partial charge in [-0.15, -0.1) is 0 Å². The third-order valence-electron chi connectivity index (χ3n) is 9.57. The summed E-state index contributed by atoms with van der Waals surface area (Å²) in [5.41, 5.74) is 11.2. The van der Waals surface area contributed by atoms with E-state index in [0.717, 1.165) is 43.9 Å². The van der Waals surface area contributed by atoms with Crippen LogP contribution in [0.1, 0.15) is 25.0 Å². The van der Waals surface area contributed by atoms with E-state index >= 15 is 0 Å². The Balaban J connectivity index is 1.20. The van der Waals surface area contributed by atoms with Gasteiger partial charge in [0.15, 0.2) is 17.5 Å². The summed E-state index contributed by atoms with van der Waals surface area (Å²) in [4.78, 5) is 20.1. The van der Waals surface area contributed by atoms with E-state index in [-0.39, 0.29) is 5.41 Å². The Morgan fingerprint density at radius 1 is 0.426 bits per heavy atom. The molecule has 8 aromatic rings. The molecule has 2 aromatic heterocycles. The lowest BCUT2D eigenvalue weighted by atomic mass is 9.81. The molecule has 1 aliphatic carbocycles. The van der Waals surface area contributed by atoms with Gasteiger partial charge in [0.2, 0.25) is 0 Å². The van der Waals surface area contributed by atoms with Crippen molar-refractivity contribution >= 4 is 21.7 Å². The van der Waals surface area contributed by atoms with Crippen LogP contribution in [0.15, 0.2) is 146 Å². The zero-order chi connectivity index (χ0) is 31.5. The van der Waals surface area contributed by atoms with E-state index in [1.165, 1.54) is 27.8 Å². The number of pyridine rings is 1. The highest BCUT2D eigenvalue weighted by atomic mass is 15.0. The lowest BCUT2D eigenvalue weighted by Crippen LogP contribution is -2.14. The highest BCUT2D eigenvalue weighted by Crippen LogP contribution is 2.49. The number of benzene rings is 6. The fraction of sp³-hybridized carbons (Fsp3) is 0.0698. The molecule has 2 heterocycles. The van der Waals surface area contributed by atoms with E-state index in [9.17, 15) is 0 Å². The fourth-order valence-corrected chi connectivity index (χ4v) is 7.13. The number of rotatable bonds is 4. The molecule has 4 heteroatoms. The van der Waals surface area contributed by atoms with Crippen LogP contribution in [0.3, 0.4) is 0 Å². The first-order valence-corrected chi connectivity index (χ1v) is 16.0. The average molecular weight is 603 g/mol. The molecule has 0 aliphatic heterocycles. The highest BCUT2D eigenvalue weighted by molar-refractivity contribution is 6.09. The lowest BCUT2D eigenvalue weighted by Gasteiger charge is -2.22. The van der Waals surface area contributed by atoms with Crippen LogP contribution in [0.25, 0.3) is 78.1 Å². The minimum absolute atomic E-state index is 0.0644. The smallest absolute Gasteiger partial charge is 0.166 e. The maximum atomic E-state index is 5.11. The predicted octanol–water partition coefficient (Wildman–Crippen LogP) is 10.5. The fourth-order valence-electron chi connectivity index (χ4n) is 7.13. The summed E-state index contributed by atoms with van der Waals surface area (Å²) in [5.74, 6) is 1.86. The maximum Gasteiger partial charge on any atom is 0.166 e. The number of hydrogen-bond donors (Lipinski definition) is 0. The average Bonchev–Trinajstić information content (AvgIpc) is 3.37. The molecule has 0 spiro atoms. The van der Waals surface area contributed by atoms with Crippen molar-refractivity contribution in [3.63, 3.8) is 0 Å². The van der Waals surface area contributed by atoms with Crippen molar-refractivity contribution in [2.45, 2.75) is 19.3 Å². The Kier molecular flexibility index (Phi) is 6.12. The first-order valence-electron chi connectivity index (χ1n) is 16.0. The van der Waals surface area contributed by atoms with E-state index in [1.54, 1.807) is 0 Å². The van der Waals surface area contributed by atoms with Crippen molar-refractivity contribution in [1.82, 2.24) is 19.9 Å². The molecule has 4 nitrogen and oxygen atoms in total. The number of hydrogen-bond acceptors (Lipinski definition) is 4. The van der Waals surface area contributed by atoms with E-state index in [0.29, 0.717) is 17.5 Å². The van der Waals surface area contributed by atoms with Crippen molar-refractivity contribution in [1.29, 1.82) is 0 Å². The molecule has 9 rings (SSSR count). The third-order valence-corrected chi connectivity index (χ3v) is 9.57. The Hall–Kier alpha value is -6.00. The van der Waals surface area contributed by atoms with Gasteiger partial charge in [0.05, 0.1) is 5.52 Å². The van der Waals surface area contributed by atoms with Crippen LogP contribution in [0, 0.1) is 0 Å². The summed E-state index contributed by atoms with van der Waals surface area (Å²) in [7, 11) is 0. The van der Waals surface area contributed by atoms with Crippen molar-refractivity contribution < 1.29 is 0 Å². The van der Waals surface area contributed by atoms with E-state index < -0.39 is 0 Å². The van der Waals surface area contributed by atoms with Gasteiger partial charge >= 0.3 is 0 Å². The largest absolute Gasteiger partial charge is 0.255 e. The molecule has 0 saturated carbocycles. The molecule has 0 atom stereocenters. The van der Waals surface area contributed by atoms with Crippen LogP contribution in [0.5, 0.6) is 0 Å². The van der Waals surface area contributed by atoms with Crippen LogP contribution in [0.2, 0.25) is 0 Å². The minimum Gasteiger partial charge on any atom is -0.255 e. The van der Waals surface area contributed by atoms with Gasteiger partial charge in [-0.05, 0) is 57.0 Å². The molecular weight excluding hydrogens is 573 g/mol. The first-order chi connectivity index (χ1) is 23.0. The molecule has 0 radical (unpaired) electrons. The van der Waals surface area contributed by atoms with Crippen LogP contribution < -0.4 is 0 Å². The van der Waals surface area contributed by atoms with Crippen LogP contribution in [0.4, 0.5) is 0 Å². The lowest BCUT2D eigenvalue weighted by molar-refractivity contribution is 0.660. The first kappa shape index (κ1) is 27.3. The molecule has 1 aliphatic rings. The molecule has 0 unspecified atom stereocenters. The van der Waals surface area contributed by atoms with Crippen molar-refractivity contribution in [2.24, 2.45) is 0 Å². The molecule has 47 heavy (non-hydrogen) atoms. The van der Waals surface area contributed by atoms with Gasteiger partial charge in [0.25, 0.3) is 0 Å². The monoisotopic (exact) mass is 602 g/mol. The van der Waals surface area contributed by atoms with Crippen molar-refractivity contribution in [2.75, 3.05) is 0 Å². The molecule has 6 aromatic carbocycles. The highest BCUT2D eigenvalue weighted by Gasteiger charge is 2.35. The molecule has 0 fully saturated rings. The summed E-state index contributed by atoms with van der Waals surface area (Å²) in [5, 5.41) is 3.34. The summed E-state index contributed by atoms with van der Waals surface area (Å²) in [6.07, 6.45) is 1.93. The second-order valence-electron chi connectivity index (χ2n) is 12.7. The SMILES string of the molecule is CC1(C)c2ccccc2-c2ccc(-c3cccc(-c4nc(-c5ccccc5)nc(-c5cccc6c5ncc5ccccc56)n4)c3)cc21. The second-order valence-corrected chi connectivity index (χ2v) is 12.7. The van der Waals surface area contributed by atoms with Gasteiger partial charge in [-0.2, -0.15) is 0 Å². The molecule has 222 valence electrons. The summed E-state index contributed by atoms with van der Waals surface area (Å²) in [6.45, 7) is 4.64. The number of para-hydroxylation sites is 1. The maximum absolute atomic E-state index is 5.11. The Morgan fingerprint density at radius 3 is 1.94 bits per heavy atom. The van der Waals surface area contributed by atoms with Crippen molar-refractivity contribution in [3.05, 3.63) is 157 Å². The van der Waals surface area contributed by atoms with Crippen molar-refractivity contribution in [3.8, 4) is 56.4 Å². The molecular formula is C43H30N4. The molecule has 0 bridgehead atoms. The molecule has 0 N–H and O–H groups in total. The van der Waals surface area contributed by atoms with Gasteiger partial charge in [0.1, 0.15) is 0 Å². The molecule has 0 amide bonds. The Labute approximate surface area is 273 Å². The Bertz CT molecular complexity index is 2500. The van der Waals surface area contributed by atoms with Gasteiger partial charge in [-0.25, -0.2) is 15.0 Å². The summed E-state index contributed by atoms with van der Waals surface area (Å²) in [6, 6.07) is 48.8. The van der Waals surface area contributed by atoms with Crippen LogP contribution in [-0.4, -0.2) is 19.9 Å². The topological polar surface area (TPSA) is 51.6 Å². The summed E-state index contributed by atoms with van der Waals surface area (Å²) < 4.78 is 0. The summed E-state index contributed by atoms with van der Waals surface area (Å²) >= 11 is 0. The quantitative estimate of drug-likeness (QED) is 0.188. The third kappa shape index (κ3) is 4.44. The van der Waals surface area contributed by atoms with Gasteiger partial charge < -0.3 is 0 Å². The predicted molar refractivity (Wildman–Crippen MR) is 192 cm³/mol. The number of nitrogens with zero attached hydrogens (tertiary/aromatic N) is 4. The van der Waals surface area contributed by atoms with Crippen LogP contribution in [-0.2, 0) is 5.41 Å². The minimum atomic E-state index is -0.0644. The zero-order valence-electron chi connectivity index (χ0n) is 26.1. The van der Waals surface area contributed by atoms with E-state index in [2.05, 4.69) is 117 Å². The second kappa shape index (κ2) is 10.5. The van der Waals surface area contributed by atoms with Gasteiger partial charge in [0, 0.05) is 39.1 Å². The normalized spacial score (nSPS) is 13.1. The number of fused-ring (bicyclic) bond motifs is 6. The number of aromatic nitrogens is 4. The van der Waals surface area contributed by atoms with Crippen LogP contribution >= 0.6 is 0 Å². The zero-order valence-corrected chi connectivity index (χ0v) is 26.1. The Morgan fingerprint density at radius 2 is 1.04 bits per heavy atom. The standard InChI is InChI=1S/C43H30N4/c1-43(2)37-21-9-8-18-33(37)34-23-22-29(25-38(34)43)28-15-10-16-30(24-28)41-45-40(27-12-4-3-5-13-27)46-42(47-41)36-20-11-19-35-32-17-7-6-14-31(32)26-44-39(35)36/h3-26H,1-2H3. The molecule has 0 saturated heterocycles. The van der Waals surface area contributed by atoms with E-state index in [4.69, 9.17) is 19.9 Å². The van der Waals surface area contributed by atoms with Gasteiger partial charge in [-0.1, -0.05) is 135 Å².